The highest BCUT2D eigenvalue weighted by molar-refractivity contribution is 5.94. The summed E-state index contributed by atoms with van der Waals surface area (Å²) < 4.78 is 48.3. The Balaban J connectivity index is 1.61. The number of rotatable bonds is 5. The molecule has 0 saturated heterocycles. The van der Waals surface area contributed by atoms with Gasteiger partial charge < -0.3 is 14.5 Å². The Morgan fingerprint density at radius 3 is 2.61 bits per heavy atom. The molecule has 2 N–H and O–H groups in total. The largest absolute Gasteiger partial charge is 0.573 e. The number of halogens is 3. The summed E-state index contributed by atoms with van der Waals surface area (Å²) in [4.78, 5) is 13.3. The number of benzene rings is 2. The van der Waals surface area contributed by atoms with E-state index in [-0.39, 0.29) is 17.3 Å². The van der Waals surface area contributed by atoms with Crippen LogP contribution in [-0.4, -0.2) is 31.5 Å². The predicted octanol–water partition coefficient (Wildman–Crippen LogP) is 5.63. The van der Waals surface area contributed by atoms with Gasteiger partial charge in [-0.25, -0.2) is 9.97 Å². The minimum atomic E-state index is -4.86. The summed E-state index contributed by atoms with van der Waals surface area (Å²) in [6.45, 7) is 1.85. The van der Waals surface area contributed by atoms with E-state index in [0.717, 1.165) is 5.56 Å². The van der Waals surface area contributed by atoms with Crippen LogP contribution in [0.5, 0.6) is 5.75 Å². The van der Waals surface area contributed by atoms with Crippen LogP contribution in [0.2, 0.25) is 0 Å². The molecule has 0 fully saturated rings. The highest BCUT2D eigenvalue weighted by Crippen LogP contribution is 2.35. The lowest BCUT2D eigenvalue weighted by Gasteiger charge is -2.14. The Hall–Kier alpha value is -4.41. The van der Waals surface area contributed by atoms with Gasteiger partial charge in [0, 0.05) is 5.39 Å². The third-order valence-corrected chi connectivity index (χ3v) is 4.75. The van der Waals surface area contributed by atoms with E-state index in [2.05, 4.69) is 35.2 Å². The standard InChI is InChI=1S/C22H15F3N6O2/c1-12-6-4-8-14-17(12)26-18(13-7-2-3-9-15(13)33-22(23,24)25)27-19(14)28-21-29-20(30-31-21)16-10-5-11-32-16/h2-11H,1H3,(H2,26,27,28,29,30,31). The molecule has 8 nitrogen and oxygen atoms in total. The van der Waals surface area contributed by atoms with Gasteiger partial charge in [0.15, 0.2) is 17.4 Å². The maximum Gasteiger partial charge on any atom is 0.573 e. The third kappa shape index (κ3) is 4.20. The molecule has 0 radical (unpaired) electrons. The number of para-hydroxylation sites is 2. The van der Waals surface area contributed by atoms with E-state index in [9.17, 15) is 13.2 Å². The first-order valence-electron chi connectivity index (χ1n) is 9.73. The molecule has 0 saturated carbocycles. The number of hydrogen-bond acceptors (Lipinski definition) is 7. The van der Waals surface area contributed by atoms with Gasteiger partial charge in [0.25, 0.3) is 0 Å². The van der Waals surface area contributed by atoms with Crippen LogP contribution in [-0.2, 0) is 0 Å². The molecule has 5 rings (SSSR count). The van der Waals surface area contributed by atoms with E-state index in [1.807, 2.05) is 19.1 Å². The zero-order valence-corrected chi connectivity index (χ0v) is 17.0. The van der Waals surface area contributed by atoms with Crippen molar-refractivity contribution in [2.45, 2.75) is 13.3 Å². The first-order chi connectivity index (χ1) is 15.9. The number of aromatic amines is 1. The van der Waals surface area contributed by atoms with Crippen LogP contribution in [0.4, 0.5) is 24.9 Å². The monoisotopic (exact) mass is 452 g/mol. The molecule has 0 unspecified atom stereocenters. The lowest BCUT2D eigenvalue weighted by Crippen LogP contribution is -2.17. The van der Waals surface area contributed by atoms with Gasteiger partial charge in [-0.15, -0.1) is 18.3 Å². The van der Waals surface area contributed by atoms with Crippen molar-refractivity contribution in [3.63, 3.8) is 0 Å². The molecule has 11 heteroatoms. The smallest absolute Gasteiger partial charge is 0.461 e. The molecule has 0 amide bonds. The van der Waals surface area contributed by atoms with E-state index in [1.54, 1.807) is 24.3 Å². The normalized spacial score (nSPS) is 11.6. The molecule has 3 aromatic heterocycles. The van der Waals surface area contributed by atoms with Crippen molar-refractivity contribution >= 4 is 22.7 Å². The number of hydrogen-bond donors (Lipinski definition) is 2. The number of alkyl halides is 3. The summed E-state index contributed by atoms with van der Waals surface area (Å²) in [6, 6.07) is 14.6. The highest BCUT2D eigenvalue weighted by atomic mass is 19.4. The van der Waals surface area contributed by atoms with Crippen LogP contribution < -0.4 is 10.1 Å². The predicted molar refractivity (Wildman–Crippen MR) is 114 cm³/mol. The number of nitrogens with zero attached hydrogens (tertiary/aromatic N) is 4. The van der Waals surface area contributed by atoms with Crippen molar-refractivity contribution in [1.29, 1.82) is 0 Å². The fourth-order valence-electron chi connectivity index (χ4n) is 3.32. The molecule has 5 aromatic rings. The number of furan rings is 1. The minimum absolute atomic E-state index is 0.0564. The average Bonchev–Trinajstić information content (AvgIpc) is 3.46. The number of nitrogens with one attached hydrogen (secondary N) is 2. The van der Waals surface area contributed by atoms with Crippen molar-refractivity contribution in [3.8, 4) is 28.7 Å². The van der Waals surface area contributed by atoms with Crippen molar-refractivity contribution in [2.75, 3.05) is 5.32 Å². The van der Waals surface area contributed by atoms with Gasteiger partial charge >= 0.3 is 6.36 Å². The van der Waals surface area contributed by atoms with Crippen LogP contribution in [0, 0.1) is 6.92 Å². The van der Waals surface area contributed by atoms with Crippen molar-refractivity contribution < 1.29 is 22.3 Å². The highest BCUT2D eigenvalue weighted by Gasteiger charge is 2.32. The fourth-order valence-corrected chi connectivity index (χ4v) is 3.32. The lowest BCUT2D eigenvalue weighted by atomic mass is 10.1. The fraction of sp³-hybridized carbons (Fsp3) is 0.0909. The quantitative estimate of drug-likeness (QED) is 0.357. The third-order valence-electron chi connectivity index (χ3n) is 4.75. The number of aromatic nitrogens is 5. The van der Waals surface area contributed by atoms with Crippen LogP contribution in [0.3, 0.4) is 0 Å². The molecule has 33 heavy (non-hydrogen) atoms. The molecule has 0 atom stereocenters. The van der Waals surface area contributed by atoms with Gasteiger partial charge in [0.1, 0.15) is 11.6 Å². The number of H-pyrrole nitrogens is 1. The minimum Gasteiger partial charge on any atom is -0.461 e. The SMILES string of the molecule is Cc1cccc2c(Nc3n[nH]c(-c4ccco4)n3)nc(-c3ccccc3OC(F)(F)F)nc12. The number of aryl methyl sites for hydroxylation is 1. The van der Waals surface area contributed by atoms with E-state index in [1.165, 1.54) is 24.5 Å². The average molecular weight is 452 g/mol. The molecule has 0 spiro atoms. The maximum atomic E-state index is 12.9. The van der Waals surface area contributed by atoms with E-state index in [4.69, 9.17) is 4.42 Å². The van der Waals surface area contributed by atoms with Crippen molar-refractivity contribution in [2.24, 2.45) is 0 Å². The summed E-state index contributed by atoms with van der Waals surface area (Å²) in [5, 5.41) is 10.6. The molecule has 3 heterocycles. The second-order valence-electron chi connectivity index (χ2n) is 7.02. The van der Waals surface area contributed by atoms with Crippen LogP contribution in [0.25, 0.3) is 33.9 Å². The zero-order valence-electron chi connectivity index (χ0n) is 17.0. The molecule has 2 aromatic carbocycles. The topological polar surface area (TPSA) is 102 Å². The summed E-state index contributed by atoms with van der Waals surface area (Å²) in [7, 11) is 0. The van der Waals surface area contributed by atoms with Crippen molar-refractivity contribution in [3.05, 3.63) is 66.4 Å². The number of anilines is 2. The van der Waals surface area contributed by atoms with Crippen LogP contribution in [0.1, 0.15) is 5.56 Å². The van der Waals surface area contributed by atoms with E-state index < -0.39 is 12.1 Å². The number of fused-ring (bicyclic) bond motifs is 1. The van der Waals surface area contributed by atoms with Gasteiger partial charge in [0.05, 0.1) is 17.3 Å². The maximum absolute atomic E-state index is 12.9. The molecular weight excluding hydrogens is 437 g/mol. The lowest BCUT2D eigenvalue weighted by molar-refractivity contribution is -0.274. The zero-order chi connectivity index (χ0) is 23.0. The molecule has 0 aliphatic heterocycles. The summed E-state index contributed by atoms with van der Waals surface area (Å²) in [5.41, 5.74) is 1.47. The van der Waals surface area contributed by atoms with Crippen LogP contribution >= 0.6 is 0 Å². The Morgan fingerprint density at radius 2 is 1.82 bits per heavy atom. The molecule has 0 aliphatic rings. The molecular formula is C22H15F3N6O2. The Bertz CT molecular complexity index is 1430. The molecule has 0 aliphatic carbocycles. The summed E-state index contributed by atoms with van der Waals surface area (Å²) in [5.74, 6) is 1.08. The van der Waals surface area contributed by atoms with Gasteiger partial charge in [-0.1, -0.05) is 24.3 Å². The Morgan fingerprint density at radius 1 is 0.970 bits per heavy atom. The Labute approximate surface area is 184 Å². The molecule has 0 bridgehead atoms. The Kier molecular flexibility index (Phi) is 4.93. The van der Waals surface area contributed by atoms with E-state index >= 15 is 0 Å². The second-order valence-corrected chi connectivity index (χ2v) is 7.02. The molecule has 166 valence electrons. The first kappa shape index (κ1) is 20.5. The van der Waals surface area contributed by atoms with Crippen molar-refractivity contribution in [1.82, 2.24) is 25.1 Å². The summed E-state index contributed by atoms with van der Waals surface area (Å²) in [6.07, 6.45) is -3.34. The van der Waals surface area contributed by atoms with Gasteiger partial charge in [-0.2, -0.15) is 4.98 Å². The second kappa shape index (κ2) is 7.93. The van der Waals surface area contributed by atoms with E-state index in [0.29, 0.717) is 28.3 Å². The van der Waals surface area contributed by atoms with Crippen LogP contribution in [0.15, 0.2) is 65.3 Å². The first-order valence-corrected chi connectivity index (χ1v) is 9.73. The van der Waals surface area contributed by atoms with Gasteiger partial charge in [0.2, 0.25) is 5.95 Å². The van der Waals surface area contributed by atoms with Gasteiger partial charge in [-0.3, -0.25) is 5.10 Å². The van der Waals surface area contributed by atoms with Gasteiger partial charge in [-0.05, 0) is 42.8 Å². The summed E-state index contributed by atoms with van der Waals surface area (Å²) >= 11 is 0. The number of ether oxygens (including phenoxy) is 1.